The summed E-state index contributed by atoms with van der Waals surface area (Å²) in [6.07, 6.45) is 0. The van der Waals surface area contributed by atoms with Gasteiger partial charge in [0.1, 0.15) is 0 Å². The van der Waals surface area contributed by atoms with E-state index in [1.54, 1.807) is 0 Å². The standard InChI is InChI=1S/C14H22N4S/c1-8-5-6-12(9(2)7-8)15-14(19)16-13-10(3)17-18-11(13)4/h5-7,10-11,13,17-18H,1-4H3,(H2,15,16,19). The van der Waals surface area contributed by atoms with Gasteiger partial charge in [0.15, 0.2) is 5.11 Å². The molecule has 0 amide bonds. The Morgan fingerprint density at radius 3 is 2.37 bits per heavy atom. The molecule has 0 spiro atoms. The van der Waals surface area contributed by atoms with Crippen LogP contribution in [0, 0.1) is 13.8 Å². The second kappa shape index (κ2) is 5.86. The SMILES string of the molecule is Cc1ccc(NC(=S)NC2C(C)NNC2C)c(C)c1. The maximum atomic E-state index is 5.39. The summed E-state index contributed by atoms with van der Waals surface area (Å²) in [5, 5.41) is 7.30. The molecule has 1 aromatic carbocycles. The van der Waals surface area contributed by atoms with Gasteiger partial charge in [0.2, 0.25) is 0 Å². The molecule has 1 aromatic rings. The molecule has 0 radical (unpaired) electrons. The second-order valence-electron chi connectivity index (χ2n) is 5.31. The van der Waals surface area contributed by atoms with E-state index in [1.165, 1.54) is 11.1 Å². The van der Waals surface area contributed by atoms with Crippen LogP contribution >= 0.6 is 12.2 Å². The molecule has 104 valence electrons. The van der Waals surface area contributed by atoms with Gasteiger partial charge in [-0.1, -0.05) is 17.7 Å². The van der Waals surface area contributed by atoms with E-state index >= 15 is 0 Å². The molecule has 4 nitrogen and oxygen atoms in total. The largest absolute Gasteiger partial charge is 0.356 e. The fourth-order valence-electron chi connectivity index (χ4n) is 2.39. The third-order valence-corrected chi connectivity index (χ3v) is 3.76. The van der Waals surface area contributed by atoms with Crippen LogP contribution in [0.5, 0.6) is 0 Å². The average Bonchev–Trinajstić information content (AvgIpc) is 2.65. The highest BCUT2D eigenvalue weighted by Gasteiger charge is 2.30. The number of rotatable bonds is 2. The molecule has 2 unspecified atom stereocenters. The molecule has 19 heavy (non-hydrogen) atoms. The maximum absolute atomic E-state index is 5.39. The zero-order chi connectivity index (χ0) is 14.0. The molecule has 1 heterocycles. The van der Waals surface area contributed by atoms with Crippen molar-refractivity contribution in [2.45, 2.75) is 45.8 Å². The minimum absolute atomic E-state index is 0.283. The Morgan fingerprint density at radius 1 is 1.16 bits per heavy atom. The topological polar surface area (TPSA) is 48.1 Å². The average molecular weight is 278 g/mol. The Bertz CT molecular complexity index is 465. The summed E-state index contributed by atoms with van der Waals surface area (Å²) in [6, 6.07) is 7.27. The van der Waals surface area contributed by atoms with Crippen LogP contribution in [-0.2, 0) is 0 Å². The highest BCUT2D eigenvalue weighted by molar-refractivity contribution is 7.80. The van der Waals surface area contributed by atoms with Gasteiger partial charge in [-0.15, -0.1) is 0 Å². The first-order chi connectivity index (χ1) is 8.97. The minimum Gasteiger partial charge on any atom is -0.356 e. The zero-order valence-corrected chi connectivity index (χ0v) is 12.7. The van der Waals surface area contributed by atoms with Crippen molar-refractivity contribution >= 4 is 23.0 Å². The fourth-order valence-corrected chi connectivity index (χ4v) is 2.64. The Morgan fingerprint density at radius 2 is 1.79 bits per heavy atom. The van der Waals surface area contributed by atoms with Crippen LogP contribution in [0.25, 0.3) is 0 Å². The lowest BCUT2D eigenvalue weighted by Crippen LogP contribution is -2.47. The number of hydrazine groups is 1. The smallest absolute Gasteiger partial charge is 0.171 e. The van der Waals surface area contributed by atoms with Crippen LogP contribution in [0.1, 0.15) is 25.0 Å². The summed E-state index contributed by atoms with van der Waals surface area (Å²) < 4.78 is 0. The van der Waals surface area contributed by atoms with Crippen molar-refractivity contribution in [3.8, 4) is 0 Å². The number of hydrogen-bond acceptors (Lipinski definition) is 3. The lowest BCUT2D eigenvalue weighted by atomic mass is 10.1. The second-order valence-corrected chi connectivity index (χ2v) is 5.72. The summed E-state index contributed by atoms with van der Waals surface area (Å²) in [4.78, 5) is 0. The predicted molar refractivity (Wildman–Crippen MR) is 84.3 cm³/mol. The summed E-state index contributed by atoms with van der Waals surface area (Å²) >= 11 is 5.39. The first-order valence-electron chi connectivity index (χ1n) is 6.63. The van der Waals surface area contributed by atoms with Crippen molar-refractivity contribution < 1.29 is 0 Å². The monoisotopic (exact) mass is 278 g/mol. The fraction of sp³-hybridized carbons (Fsp3) is 0.500. The molecule has 4 N–H and O–H groups in total. The van der Waals surface area contributed by atoms with E-state index in [0.717, 1.165) is 5.69 Å². The van der Waals surface area contributed by atoms with Gasteiger partial charge in [-0.2, -0.15) is 0 Å². The van der Waals surface area contributed by atoms with E-state index in [0.29, 0.717) is 17.2 Å². The van der Waals surface area contributed by atoms with Gasteiger partial charge in [0.25, 0.3) is 0 Å². The van der Waals surface area contributed by atoms with Crippen LogP contribution in [0.4, 0.5) is 5.69 Å². The highest BCUT2D eigenvalue weighted by Crippen LogP contribution is 2.16. The molecule has 1 aliphatic rings. The van der Waals surface area contributed by atoms with Crippen molar-refractivity contribution in [2.75, 3.05) is 5.32 Å². The minimum atomic E-state index is 0.283. The lowest BCUT2D eigenvalue weighted by molar-refractivity contribution is 0.519. The third-order valence-electron chi connectivity index (χ3n) is 3.54. The third kappa shape index (κ3) is 3.43. The molecule has 1 aliphatic heterocycles. The van der Waals surface area contributed by atoms with E-state index in [4.69, 9.17) is 12.2 Å². The first-order valence-corrected chi connectivity index (χ1v) is 7.04. The number of benzene rings is 1. The van der Waals surface area contributed by atoms with Gasteiger partial charge in [-0.25, -0.2) is 0 Å². The maximum Gasteiger partial charge on any atom is 0.171 e. The van der Waals surface area contributed by atoms with E-state index in [2.05, 4.69) is 67.4 Å². The molecule has 0 bridgehead atoms. The van der Waals surface area contributed by atoms with Gasteiger partial charge < -0.3 is 10.6 Å². The first kappa shape index (κ1) is 14.2. The van der Waals surface area contributed by atoms with Crippen LogP contribution in [0.3, 0.4) is 0 Å². The summed E-state index contributed by atoms with van der Waals surface area (Å²) in [6.45, 7) is 8.44. The number of nitrogens with one attached hydrogen (secondary N) is 4. The van der Waals surface area contributed by atoms with Crippen molar-refractivity contribution in [2.24, 2.45) is 0 Å². The molecule has 1 saturated heterocycles. The number of anilines is 1. The Hall–Kier alpha value is -1.17. The van der Waals surface area contributed by atoms with E-state index in [-0.39, 0.29) is 6.04 Å². The van der Waals surface area contributed by atoms with Crippen LogP contribution in [0.15, 0.2) is 18.2 Å². The highest BCUT2D eigenvalue weighted by atomic mass is 32.1. The van der Waals surface area contributed by atoms with Gasteiger partial charge >= 0.3 is 0 Å². The van der Waals surface area contributed by atoms with Crippen molar-refractivity contribution in [3.05, 3.63) is 29.3 Å². The van der Waals surface area contributed by atoms with Gasteiger partial charge in [0.05, 0.1) is 6.04 Å². The van der Waals surface area contributed by atoms with Gasteiger partial charge in [-0.05, 0) is 51.5 Å². The van der Waals surface area contributed by atoms with E-state index in [9.17, 15) is 0 Å². The van der Waals surface area contributed by atoms with Crippen molar-refractivity contribution in [1.82, 2.24) is 16.2 Å². The molecule has 0 aliphatic carbocycles. The van der Waals surface area contributed by atoms with Gasteiger partial charge in [-0.3, -0.25) is 10.9 Å². The summed E-state index contributed by atoms with van der Waals surface area (Å²) in [5.74, 6) is 0. The van der Waals surface area contributed by atoms with Crippen LogP contribution in [-0.4, -0.2) is 23.2 Å². The van der Waals surface area contributed by atoms with Crippen molar-refractivity contribution in [3.63, 3.8) is 0 Å². The molecular formula is C14H22N4S. The van der Waals surface area contributed by atoms with Crippen LogP contribution < -0.4 is 21.5 Å². The summed E-state index contributed by atoms with van der Waals surface area (Å²) in [5.41, 5.74) is 9.93. The Kier molecular flexibility index (Phi) is 4.39. The number of hydrogen-bond donors (Lipinski definition) is 4. The molecule has 5 heteroatoms. The van der Waals surface area contributed by atoms with E-state index < -0.39 is 0 Å². The summed E-state index contributed by atoms with van der Waals surface area (Å²) in [7, 11) is 0. The molecule has 0 aromatic heterocycles. The number of thiocarbonyl (C=S) groups is 1. The molecule has 2 atom stereocenters. The zero-order valence-electron chi connectivity index (χ0n) is 11.9. The van der Waals surface area contributed by atoms with Gasteiger partial charge in [0, 0.05) is 17.8 Å². The normalized spacial score (nSPS) is 26.2. The van der Waals surface area contributed by atoms with Crippen LogP contribution in [0.2, 0.25) is 0 Å². The molecule has 0 saturated carbocycles. The Labute approximate surface area is 120 Å². The molecule has 1 fully saturated rings. The van der Waals surface area contributed by atoms with E-state index in [1.807, 2.05) is 0 Å². The molecular weight excluding hydrogens is 256 g/mol. The Balaban J connectivity index is 1.97. The lowest BCUT2D eigenvalue weighted by Gasteiger charge is -2.22. The number of aryl methyl sites for hydroxylation is 2. The van der Waals surface area contributed by atoms with Crippen molar-refractivity contribution in [1.29, 1.82) is 0 Å². The quantitative estimate of drug-likeness (QED) is 0.622. The predicted octanol–water partition coefficient (Wildman–Crippen LogP) is 1.84. The molecule has 2 rings (SSSR count).